The zero-order valence-electron chi connectivity index (χ0n) is 10.6. The fraction of sp³-hybridized carbons (Fsp3) is 0.214. The molecular weight excluding hydrogens is 242 g/mol. The summed E-state index contributed by atoms with van der Waals surface area (Å²) in [4.78, 5) is 4.46. The number of nitrogens with zero attached hydrogens (tertiary/aromatic N) is 2. The first-order chi connectivity index (χ1) is 9.15. The lowest BCUT2D eigenvalue weighted by molar-refractivity contribution is 0.185. The number of imidazole rings is 1. The Morgan fingerprint density at radius 1 is 1.42 bits per heavy atom. The van der Waals surface area contributed by atoms with Crippen LogP contribution in [0.3, 0.4) is 0 Å². The molecule has 0 aliphatic carbocycles. The minimum absolute atomic E-state index is 0.608. The molecule has 1 atom stereocenters. The number of nitrogen functional groups attached to an aromatic ring is 1. The number of aromatic nitrogens is 2. The van der Waals surface area contributed by atoms with Crippen molar-refractivity contribution < 1.29 is 9.52 Å². The quantitative estimate of drug-likeness (QED) is 0.706. The predicted octanol–water partition coefficient (Wildman–Crippen LogP) is 2.31. The van der Waals surface area contributed by atoms with Gasteiger partial charge in [0.2, 0.25) is 0 Å². The molecule has 0 aliphatic heterocycles. The normalized spacial score (nSPS) is 12.9. The molecule has 98 valence electrons. The summed E-state index contributed by atoms with van der Waals surface area (Å²) in [5, 5.41) is 9.87. The van der Waals surface area contributed by atoms with Gasteiger partial charge in [-0.05, 0) is 31.2 Å². The highest BCUT2D eigenvalue weighted by Crippen LogP contribution is 2.24. The first-order valence-electron chi connectivity index (χ1n) is 6.10. The molecule has 0 spiro atoms. The van der Waals surface area contributed by atoms with E-state index in [1.54, 1.807) is 19.5 Å². The Labute approximate surface area is 110 Å². The molecule has 5 heteroatoms. The number of benzene rings is 1. The van der Waals surface area contributed by atoms with Crippen LogP contribution in [0.25, 0.3) is 11.0 Å². The molecule has 0 aliphatic rings. The van der Waals surface area contributed by atoms with Crippen molar-refractivity contribution in [2.24, 2.45) is 0 Å². The van der Waals surface area contributed by atoms with Crippen LogP contribution < -0.4 is 5.73 Å². The molecule has 3 aromatic rings. The molecule has 3 rings (SSSR count). The Morgan fingerprint density at radius 2 is 2.26 bits per heavy atom. The third-order valence-corrected chi connectivity index (χ3v) is 3.10. The highest BCUT2D eigenvalue weighted by atomic mass is 16.3. The predicted molar refractivity (Wildman–Crippen MR) is 72.6 cm³/mol. The molecule has 1 aromatic carbocycles. The van der Waals surface area contributed by atoms with Gasteiger partial charge < -0.3 is 19.8 Å². The Kier molecular flexibility index (Phi) is 2.76. The molecule has 0 saturated carbocycles. The molecule has 0 saturated heterocycles. The van der Waals surface area contributed by atoms with Crippen molar-refractivity contribution in [1.82, 2.24) is 9.55 Å². The fourth-order valence-electron chi connectivity index (χ4n) is 2.22. The molecule has 3 N–H and O–H groups in total. The van der Waals surface area contributed by atoms with E-state index < -0.39 is 6.10 Å². The maximum atomic E-state index is 9.87. The van der Waals surface area contributed by atoms with Crippen LogP contribution in [0.15, 0.2) is 41.2 Å². The van der Waals surface area contributed by atoms with Crippen molar-refractivity contribution in [2.75, 3.05) is 5.73 Å². The largest absolute Gasteiger partial charge is 0.472 e. The van der Waals surface area contributed by atoms with Crippen molar-refractivity contribution in [2.45, 2.75) is 19.6 Å². The van der Waals surface area contributed by atoms with Crippen molar-refractivity contribution in [3.8, 4) is 0 Å². The Balaban J connectivity index is 2.16. The Bertz CT molecular complexity index is 699. The summed E-state index contributed by atoms with van der Waals surface area (Å²) in [5.74, 6) is 0.627. The minimum Gasteiger partial charge on any atom is -0.472 e. The molecule has 2 aromatic heterocycles. The number of furan rings is 1. The average Bonchev–Trinajstić information content (AvgIpc) is 2.97. The van der Waals surface area contributed by atoms with E-state index in [0.29, 0.717) is 18.1 Å². The number of nitrogens with two attached hydrogens (primary N) is 1. The molecule has 0 bridgehead atoms. The molecule has 2 heterocycles. The van der Waals surface area contributed by atoms with Gasteiger partial charge in [-0.15, -0.1) is 0 Å². The highest BCUT2D eigenvalue weighted by molar-refractivity contribution is 5.79. The summed E-state index contributed by atoms with van der Waals surface area (Å²) in [6.45, 7) is 2.31. The van der Waals surface area contributed by atoms with E-state index in [1.807, 2.05) is 28.8 Å². The maximum absolute atomic E-state index is 9.87. The Hall–Kier alpha value is -2.27. The van der Waals surface area contributed by atoms with Crippen molar-refractivity contribution in [1.29, 1.82) is 0 Å². The van der Waals surface area contributed by atoms with Gasteiger partial charge in [0, 0.05) is 11.3 Å². The van der Waals surface area contributed by atoms with Crippen molar-refractivity contribution in [3.63, 3.8) is 0 Å². The minimum atomic E-state index is -0.638. The lowest BCUT2D eigenvalue weighted by atomic mass is 10.2. The van der Waals surface area contributed by atoms with E-state index >= 15 is 0 Å². The molecule has 5 nitrogen and oxygen atoms in total. The first kappa shape index (κ1) is 11.8. The number of fused-ring (bicyclic) bond motifs is 1. The van der Waals surface area contributed by atoms with E-state index in [0.717, 1.165) is 16.6 Å². The third kappa shape index (κ3) is 2.08. The summed E-state index contributed by atoms with van der Waals surface area (Å²) >= 11 is 0. The number of aliphatic hydroxyl groups excluding tert-OH is 1. The molecular formula is C14H15N3O2. The average molecular weight is 257 g/mol. The van der Waals surface area contributed by atoms with Crippen LogP contribution in [0, 0.1) is 0 Å². The van der Waals surface area contributed by atoms with E-state index in [4.69, 9.17) is 10.2 Å². The third-order valence-electron chi connectivity index (χ3n) is 3.10. The zero-order valence-corrected chi connectivity index (χ0v) is 10.6. The second-order valence-corrected chi connectivity index (χ2v) is 4.61. The fourth-order valence-corrected chi connectivity index (χ4v) is 2.22. The monoisotopic (exact) mass is 257 g/mol. The van der Waals surface area contributed by atoms with Gasteiger partial charge in [0.15, 0.2) is 0 Å². The second kappa shape index (κ2) is 4.44. The van der Waals surface area contributed by atoms with Crippen LogP contribution in [0.5, 0.6) is 0 Å². The molecule has 0 fully saturated rings. The molecule has 19 heavy (non-hydrogen) atoms. The molecule has 0 amide bonds. The van der Waals surface area contributed by atoms with Crippen LogP contribution in [0.1, 0.15) is 24.4 Å². The standard InChI is InChI=1S/C14H15N3O2/c1-9(18)14-16-12-6-11(15)2-3-13(12)17(14)7-10-4-5-19-8-10/h2-6,8-9,18H,7,15H2,1H3. The van der Waals surface area contributed by atoms with Gasteiger partial charge >= 0.3 is 0 Å². The topological polar surface area (TPSA) is 77.2 Å². The number of hydrogen-bond acceptors (Lipinski definition) is 4. The summed E-state index contributed by atoms with van der Waals surface area (Å²) in [5.41, 5.74) is 9.20. The number of anilines is 1. The lowest BCUT2D eigenvalue weighted by Gasteiger charge is -2.09. The van der Waals surface area contributed by atoms with E-state index in [1.165, 1.54) is 0 Å². The number of aliphatic hydroxyl groups is 1. The highest BCUT2D eigenvalue weighted by Gasteiger charge is 2.15. The maximum Gasteiger partial charge on any atom is 0.138 e. The molecule has 1 unspecified atom stereocenters. The van der Waals surface area contributed by atoms with Crippen LogP contribution in [0.2, 0.25) is 0 Å². The van der Waals surface area contributed by atoms with Crippen LogP contribution in [0.4, 0.5) is 5.69 Å². The lowest BCUT2D eigenvalue weighted by Crippen LogP contribution is -2.07. The van der Waals surface area contributed by atoms with Gasteiger partial charge in [-0.1, -0.05) is 0 Å². The van der Waals surface area contributed by atoms with E-state index in [2.05, 4.69) is 4.98 Å². The van der Waals surface area contributed by atoms with Gasteiger partial charge in [-0.3, -0.25) is 0 Å². The van der Waals surface area contributed by atoms with Gasteiger partial charge in [-0.25, -0.2) is 4.98 Å². The number of rotatable bonds is 3. The second-order valence-electron chi connectivity index (χ2n) is 4.61. The smallest absolute Gasteiger partial charge is 0.138 e. The van der Waals surface area contributed by atoms with Gasteiger partial charge in [-0.2, -0.15) is 0 Å². The van der Waals surface area contributed by atoms with Crippen molar-refractivity contribution >= 4 is 16.7 Å². The van der Waals surface area contributed by atoms with Gasteiger partial charge in [0.05, 0.1) is 30.1 Å². The van der Waals surface area contributed by atoms with Crippen LogP contribution >= 0.6 is 0 Å². The molecule has 0 radical (unpaired) electrons. The van der Waals surface area contributed by atoms with Gasteiger partial charge in [0.25, 0.3) is 0 Å². The van der Waals surface area contributed by atoms with E-state index in [9.17, 15) is 5.11 Å². The summed E-state index contributed by atoms with van der Waals surface area (Å²) in [6, 6.07) is 7.47. The van der Waals surface area contributed by atoms with Crippen LogP contribution in [-0.2, 0) is 6.54 Å². The first-order valence-corrected chi connectivity index (χ1v) is 6.10. The SMILES string of the molecule is CC(O)c1nc2cc(N)ccc2n1Cc1ccoc1. The Morgan fingerprint density at radius 3 is 2.95 bits per heavy atom. The summed E-state index contributed by atoms with van der Waals surface area (Å²) in [6.07, 6.45) is 2.68. The summed E-state index contributed by atoms with van der Waals surface area (Å²) in [7, 11) is 0. The van der Waals surface area contributed by atoms with Crippen molar-refractivity contribution in [3.05, 3.63) is 48.2 Å². The van der Waals surface area contributed by atoms with Crippen LogP contribution in [-0.4, -0.2) is 14.7 Å². The van der Waals surface area contributed by atoms with Gasteiger partial charge in [0.1, 0.15) is 11.9 Å². The number of hydrogen-bond donors (Lipinski definition) is 2. The summed E-state index contributed by atoms with van der Waals surface area (Å²) < 4.78 is 7.06. The zero-order chi connectivity index (χ0) is 13.4. The van der Waals surface area contributed by atoms with E-state index in [-0.39, 0.29) is 0 Å².